The van der Waals surface area contributed by atoms with E-state index in [9.17, 15) is 18.0 Å². The molecule has 3 heterocycles. The van der Waals surface area contributed by atoms with Gasteiger partial charge in [0.15, 0.2) is 0 Å². The van der Waals surface area contributed by atoms with Gasteiger partial charge in [-0.05, 0) is 66.6 Å². The number of carbonyl (C=O) groups is 1. The molecule has 40 heavy (non-hydrogen) atoms. The molecule has 1 aliphatic rings. The van der Waals surface area contributed by atoms with Crippen LogP contribution in [0.25, 0.3) is 22.2 Å². The Morgan fingerprint density at radius 2 is 1.77 bits per heavy atom. The minimum Gasteiger partial charge on any atom is -0.497 e. The van der Waals surface area contributed by atoms with E-state index in [2.05, 4.69) is 4.98 Å². The van der Waals surface area contributed by atoms with Crippen LogP contribution in [-0.4, -0.2) is 29.4 Å². The lowest BCUT2D eigenvalue weighted by molar-refractivity contribution is -0.137. The zero-order valence-corrected chi connectivity index (χ0v) is 22.5. The van der Waals surface area contributed by atoms with E-state index in [1.165, 1.54) is 42.5 Å². The van der Waals surface area contributed by atoms with Crippen molar-refractivity contribution in [3.05, 3.63) is 111 Å². The number of alkyl halides is 3. The first-order chi connectivity index (χ1) is 19.1. The molecule has 0 aliphatic carbocycles. The van der Waals surface area contributed by atoms with Gasteiger partial charge in [0.2, 0.25) is 0 Å². The Labute approximate surface area is 237 Å². The monoisotopic (exact) mass is 584 g/mol. The fraction of sp³-hybridized carbons (Fsp3) is 0.167. The first-order valence-corrected chi connectivity index (χ1v) is 13.1. The number of carbonyl (C=O) groups excluding carboxylic acids is 1. The normalized spacial score (nSPS) is 15.3. The molecule has 1 aliphatic heterocycles. The van der Waals surface area contributed by atoms with E-state index in [0.29, 0.717) is 40.2 Å². The number of fused-ring (bicyclic) bond motifs is 3. The summed E-state index contributed by atoms with van der Waals surface area (Å²) in [5.41, 5.74) is 1.92. The molecule has 0 radical (unpaired) electrons. The highest BCUT2D eigenvalue weighted by Gasteiger charge is 2.38. The number of aromatic nitrogens is 1. The van der Waals surface area contributed by atoms with Crippen LogP contribution in [0.15, 0.2) is 77.2 Å². The van der Waals surface area contributed by atoms with Gasteiger partial charge in [-0.15, -0.1) is 0 Å². The Bertz CT molecular complexity index is 1740. The van der Waals surface area contributed by atoms with Gasteiger partial charge in [-0.3, -0.25) is 4.79 Å². The number of hydrogen-bond donors (Lipinski definition) is 1. The van der Waals surface area contributed by atoms with Gasteiger partial charge in [-0.2, -0.15) is 13.2 Å². The van der Waals surface area contributed by atoms with Crippen LogP contribution in [0.1, 0.15) is 39.0 Å². The summed E-state index contributed by atoms with van der Waals surface area (Å²) in [5.74, 6) is 0.700. The summed E-state index contributed by atoms with van der Waals surface area (Å²) >= 11 is 12.4. The van der Waals surface area contributed by atoms with Crippen molar-refractivity contribution < 1.29 is 27.1 Å². The molecular formula is C30H21Cl2F3N2O3. The van der Waals surface area contributed by atoms with Crippen molar-refractivity contribution in [2.45, 2.75) is 18.6 Å². The van der Waals surface area contributed by atoms with Crippen LogP contribution >= 0.6 is 23.2 Å². The van der Waals surface area contributed by atoms with E-state index >= 15 is 0 Å². The van der Waals surface area contributed by atoms with Gasteiger partial charge < -0.3 is 19.0 Å². The summed E-state index contributed by atoms with van der Waals surface area (Å²) < 4.78 is 52.8. The molecule has 5 aromatic rings. The van der Waals surface area contributed by atoms with E-state index in [4.69, 9.17) is 32.4 Å². The van der Waals surface area contributed by atoms with Crippen molar-refractivity contribution in [1.82, 2.24) is 9.88 Å². The summed E-state index contributed by atoms with van der Waals surface area (Å²) in [4.78, 5) is 18.9. The summed E-state index contributed by atoms with van der Waals surface area (Å²) in [6, 6.07) is 17.8. The number of aromatic amines is 1. The Hall–Kier alpha value is -3.88. The van der Waals surface area contributed by atoms with Crippen molar-refractivity contribution in [3.8, 4) is 17.1 Å². The van der Waals surface area contributed by atoms with Gasteiger partial charge in [-0.1, -0.05) is 41.4 Å². The Morgan fingerprint density at radius 1 is 1.02 bits per heavy atom. The molecule has 5 nitrogen and oxygen atoms in total. The first-order valence-electron chi connectivity index (χ1n) is 12.4. The van der Waals surface area contributed by atoms with Crippen molar-refractivity contribution in [2.75, 3.05) is 13.7 Å². The van der Waals surface area contributed by atoms with Gasteiger partial charge in [0.05, 0.1) is 18.4 Å². The number of rotatable bonds is 4. The summed E-state index contributed by atoms with van der Waals surface area (Å²) in [6.45, 7) is 0.319. The van der Waals surface area contributed by atoms with Crippen molar-refractivity contribution in [1.29, 1.82) is 0 Å². The lowest BCUT2D eigenvalue weighted by Gasteiger charge is -2.35. The minimum atomic E-state index is -4.56. The number of ether oxygens (including phenoxy) is 1. The Kier molecular flexibility index (Phi) is 6.55. The number of nitrogens with one attached hydrogen (secondary N) is 1. The molecule has 0 saturated heterocycles. The largest absolute Gasteiger partial charge is 0.497 e. The van der Waals surface area contributed by atoms with Gasteiger partial charge in [0.25, 0.3) is 5.91 Å². The number of benzene rings is 3. The molecule has 1 atom stereocenters. The second kappa shape index (κ2) is 9.94. The van der Waals surface area contributed by atoms with Crippen molar-refractivity contribution in [3.63, 3.8) is 0 Å². The van der Waals surface area contributed by atoms with Crippen LogP contribution in [0.2, 0.25) is 10.0 Å². The van der Waals surface area contributed by atoms with E-state index in [-0.39, 0.29) is 22.8 Å². The van der Waals surface area contributed by atoms with Crippen LogP contribution < -0.4 is 4.74 Å². The van der Waals surface area contributed by atoms with E-state index in [1.807, 2.05) is 18.2 Å². The fourth-order valence-corrected chi connectivity index (χ4v) is 5.87. The van der Waals surface area contributed by atoms with Crippen LogP contribution in [0.4, 0.5) is 13.2 Å². The topological polar surface area (TPSA) is 58.5 Å². The minimum absolute atomic E-state index is 0.0472. The lowest BCUT2D eigenvalue weighted by Crippen LogP contribution is -2.40. The van der Waals surface area contributed by atoms with Crippen LogP contribution in [0.3, 0.4) is 0 Å². The summed E-state index contributed by atoms with van der Waals surface area (Å²) in [5, 5.41) is 1.56. The molecule has 10 heteroatoms. The van der Waals surface area contributed by atoms with Crippen molar-refractivity contribution in [2.24, 2.45) is 0 Å². The number of amides is 1. The number of furan rings is 1. The maximum Gasteiger partial charge on any atom is 0.417 e. The average molecular weight is 585 g/mol. The number of H-pyrrole nitrogens is 1. The van der Waals surface area contributed by atoms with E-state index in [0.717, 1.165) is 22.5 Å². The van der Waals surface area contributed by atoms with Gasteiger partial charge >= 0.3 is 6.18 Å². The average Bonchev–Trinajstić information content (AvgIpc) is 3.56. The highest BCUT2D eigenvalue weighted by Crippen LogP contribution is 2.43. The number of hydrogen-bond acceptors (Lipinski definition) is 3. The Morgan fingerprint density at radius 3 is 2.50 bits per heavy atom. The zero-order chi connectivity index (χ0) is 28.2. The highest BCUT2D eigenvalue weighted by molar-refractivity contribution is 6.35. The SMILES string of the molecule is COc1ccc2[nH]c3c(c2c1)CCN(C(=O)c1cc(Cl)cc(Cl)c1)[C@H]3c1ccc(-c2ccccc2C(F)(F)F)o1. The summed E-state index contributed by atoms with van der Waals surface area (Å²) in [6.07, 6.45) is -4.03. The Balaban J connectivity index is 1.50. The predicted molar refractivity (Wildman–Crippen MR) is 147 cm³/mol. The second-order valence-corrected chi connectivity index (χ2v) is 10.4. The number of nitrogens with zero attached hydrogens (tertiary/aromatic N) is 1. The first kappa shape index (κ1) is 26.3. The number of halogens is 5. The second-order valence-electron chi connectivity index (χ2n) is 9.48. The fourth-order valence-electron chi connectivity index (χ4n) is 5.34. The third-order valence-electron chi connectivity index (χ3n) is 7.10. The van der Waals surface area contributed by atoms with Crippen molar-refractivity contribution >= 4 is 40.0 Å². The highest BCUT2D eigenvalue weighted by atomic mass is 35.5. The quantitative estimate of drug-likeness (QED) is 0.230. The molecule has 2 aromatic heterocycles. The lowest BCUT2D eigenvalue weighted by atomic mass is 9.95. The van der Waals surface area contributed by atoms with E-state index < -0.39 is 17.8 Å². The maximum atomic E-state index is 13.9. The maximum absolute atomic E-state index is 13.9. The van der Waals surface area contributed by atoms with Crippen LogP contribution in [-0.2, 0) is 12.6 Å². The van der Waals surface area contributed by atoms with Gasteiger partial charge in [-0.25, -0.2) is 0 Å². The molecule has 3 aromatic carbocycles. The van der Waals surface area contributed by atoms with Crippen LogP contribution in [0.5, 0.6) is 5.75 Å². The molecule has 0 spiro atoms. The smallest absolute Gasteiger partial charge is 0.417 e. The molecule has 0 unspecified atom stereocenters. The molecule has 0 fully saturated rings. The van der Waals surface area contributed by atoms with E-state index in [1.54, 1.807) is 18.1 Å². The zero-order valence-electron chi connectivity index (χ0n) is 21.0. The predicted octanol–water partition coefficient (Wildman–Crippen LogP) is 8.55. The van der Waals surface area contributed by atoms with Crippen LogP contribution in [0, 0.1) is 0 Å². The van der Waals surface area contributed by atoms with Gasteiger partial charge in [0.1, 0.15) is 23.3 Å². The summed E-state index contributed by atoms with van der Waals surface area (Å²) in [7, 11) is 1.59. The standard InChI is InChI=1S/C30H21Cl2F3N2O3/c1-39-19-6-7-24-22(15-19)20-10-11-37(29(38)16-12-17(31)14-18(32)13-16)28(27(20)36-24)26-9-8-25(40-26)21-4-2-3-5-23(21)30(33,34)35/h2-9,12-15,28,36H,10-11H2,1H3/t28-/m0/s1. The third-order valence-corrected chi connectivity index (χ3v) is 7.54. The molecule has 1 amide bonds. The molecule has 0 saturated carbocycles. The molecule has 0 bridgehead atoms. The van der Waals surface area contributed by atoms with Gasteiger partial charge in [0, 0.05) is 38.6 Å². The molecule has 1 N–H and O–H groups in total. The number of methoxy groups -OCH3 is 1. The molecule has 204 valence electrons. The molecular weight excluding hydrogens is 564 g/mol. The molecule has 6 rings (SSSR count). The third kappa shape index (κ3) is 4.61.